The van der Waals surface area contributed by atoms with Crippen molar-refractivity contribution in [1.82, 2.24) is 10.2 Å². The predicted octanol–water partition coefficient (Wildman–Crippen LogP) is 2.24. The number of nitrogens with one attached hydrogen (secondary N) is 1. The third kappa shape index (κ3) is 3.42. The van der Waals surface area contributed by atoms with Crippen molar-refractivity contribution < 1.29 is 14.0 Å². The number of piperidine rings is 1. The largest absolute Gasteiger partial charge is 0.353 e. The summed E-state index contributed by atoms with van der Waals surface area (Å²) in [6.07, 6.45) is 1.99. The highest BCUT2D eigenvalue weighted by Gasteiger charge is 2.46. The minimum Gasteiger partial charge on any atom is -0.353 e. The first kappa shape index (κ1) is 16.1. The summed E-state index contributed by atoms with van der Waals surface area (Å²) in [4.78, 5) is 25.0. The smallest absolute Gasteiger partial charge is 0.314 e. The first-order valence-electron chi connectivity index (χ1n) is 7.76. The van der Waals surface area contributed by atoms with Crippen molar-refractivity contribution in [2.24, 2.45) is 11.7 Å². The zero-order chi connectivity index (χ0) is 16.6. The molecule has 2 aliphatic rings. The number of hydrogen-bond acceptors (Lipinski definition) is 2. The van der Waals surface area contributed by atoms with Crippen molar-refractivity contribution >= 4 is 23.5 Å². The Morgan fingerprint density at radius 1 is 1.30 bits per heavy atom. The van der Waals surface area contributed by atoms with Crippen molar-refractivity contribution in [1.29, 1.82) is 0 Å². The second-order valence-electron chi connectivity index (χ2n) is 6.19. The number of nitrogens with zero attached hydrogens (tertiary/aromatic N) is 1. The number of carbonyl (C=O) groups excluding carboxylic acids is 2. The molecule has 1 aliphatic heterocycles. The highest BCUT2D eigenvalue weighted by molar-refractivity contribution is 6.31. The van der Waals surface area contributed by atoms with Crippen LogP contribution in [0.25, 0.3) is 0 Å². The highest BCUT2D eigenvalue weighted by atomic mass is 35.5. The molecule has 0 radical (unpaired) electrons. The van der Waals surface area contributed by atoms with Crippen LogP contribution in [0.4, 0.5) is 9.18 Å². The number of primary amides is 1. The zero-order valence-corrected chi connectivity index (χ0v) is 13.4. The maximum absolute atomic E-state index is 13.9. The molecule has 23 heavy (non-hydrogen) atoms. The monoisotopic (exact) mass is 339 g/mol. The minimum absolute atomic E-state index is 0.0374. The molecule has 1 saturated heterocycles. The molecule has 7 heteroatoms. The van der Waals surface area contributed by atoms with Gasteiger partial charge in [-0.05, 0) is 31.4 Å². The summed E-state index contributed by atoms with van der Waals surface area (Å²) in [5.41, 5.74) is 5.68. The van der Waals surface area contributed by atoms with E-state index in [1.807, 2.05) is 0 Å². The Morgan fingerprint density at radius 3 is 2.61 bits per heavy atom. The van der Waals surface area contributed by atoms with Crippen molar-refractivity contribution in [3.05, 3.63) is 34.6 Å². The highest BCUT2D eigenvalue weighted by Crippen LogP contribution is 2.50. The lowest BCUT2D eigenvalue weighted by molar-refractivity contribution is -0.123. The van der Waals surface area contributed by atoms with Crippen molar-refractivity contribution in [2.45, 2.75) is 31.2 Å². The molecule has 3 N–H and O–H groups in total. The summed E-state index contributed by atoms with van der Waals surface area (Å²) in [5, 5.41) is 3.37. The van der Waals surface area contributed by atoms with E-state index in [-0.39, 0.29) is 29.6 Å². The van der Waals surface area contributed by atoms with Crippen molar-refractivity contribution in [3.8, 4) is 0 Å². The lowest BCUT2D eigenvalue weighted by Gasteiger charge is -2.31. The van der Waals surface area contributed by atoms with E-state index in [1.165, 1.54) is 6.07 Å². The van der Waals surface area contributed by atoms with Crippen molar-refractivity contribution in [2.75, 3.05) is 13.1 Å². The number of benzene rings is 1. The molecule has 2 atom stereocenters. The lowest BCUT2D eigenvalue weighted by Crippen LogP contribution is -2.48. The Labute approximate surface area is 139 Å². The molecular weight excluding hydrogens is 321 g/mol. The Bertz CT molecular complexity index is 612. The fourth-order valence-electron chi connectivity index (χ4n) is 3.22. The quantitative estimate of drug-likeness (QED) is 0.886. The number of nitrogens with two attached hydrogens (primary N) is 1. The van der Waals surface area contributed by atoms with Crippen molar-refractivity contribution in [3.63, 3.8) is 0 Å². The van der Waals surface area contributed by atoms with Gasteiger partial charge in [0.05, 0.1) is 0 Å². The number of carbonyl (C=O) groups is 2. The number of halogens is 2. The van der Waals surface area contributed by atoms with Gasteiger partial charge in [0.1, 0.15) is 5.82 Å². The van der Waals surface area contributed by atoms with E-state index < -0.39 is 6.03 Å². The molecular formula is C16H19ClFN3O2. The van der Waals surface area contributed by atoms with Gasteiger partial charge in [-0.15, -0.1) is 0 Å². The predicted molar refractivity (Wildman–Crippen MR) is 84.6 cm³/mol. The van der Waals surface area contributed by atoms with E-state index in [0.29, 0.717) is 42.9 Å². The molecule has 3 amide bonds. The number of amides is 3. The van der Waals surface area contributed by atoms with Crippen LogP contribution in [0.1, 0.15) is 30.7 Å². The van der Waals surface area contributed by atoms with Gasteiger partial charge >= 0.3 is 6.03 Å². The number of rotatable bonds is 3. The second kappa shape index (κ2) is 6.35. The first-order valence-corrected chi connectivity index (χ1v) is 8.14. The molecule has 2 fully saturated rings. The third-order valence-corrected chi connectivity index (χ3v) is 4.98. The molecule has 3 rings (SSSR count). The van der Waals surface area contributed by atoms with Crippen LogP contribution in [0, 0.1) is 11.7 Å². The van der Waals surface area contributed by atoms with Crippen LogP contribution in [0.15, 0.2) is 18.2 Å². The molecule has 0 spiro atoms. The van der Waals surface area contributed by atoms with Gasteiger partial charge in [-0.2, -0.15) is 0 Å². The van der Waals surface area contributed by atoms with Gasteiger partial charge in [-0.3, -0.25) is 4.79 Å². The van der Waals surface area contributed by atoms with E-state index >= 15 is 0 Å². The van der Waals surface area contributed by atoms with E-state index in [4.69, 9.17) is 17.3 Å². The second-order valence-corrected chi connectivity index (χ2v) is 6.60. The van der Waals surface area contributed by atoms with Gasteiger partial charge in [0.2, 0.25) is 5.91 Å². The van der Waals surface area contributed by atoms with Gasteiger partial charge in [-0.1, -0.05) is 17.7 Å². The molecule has 124 valence electrons. The fourth-order valence-corrected chi connectivity index (χ4v) is 3.52. The topological polar surface area (TPSA) is 75.4 Å². The van der Waals surface area contributed by atoms with Crippen LogP contribution in [0.5, 0.6) is 0 Å². The maximum atomic E-state index is 13.9. The van der Waals surface area contributed by atoms with E-state index in [0.717, 1.165) is 0 Å². The van der Waals surface area contributed by atoms with Gasteiger partial charge in [-0.25, -0.2) is 9.18 Å². The summed E-state index contributed by atoms with van der Waals surface area (Å²) in [7, 11) is 0. The Kier molecular flexibility index (Phi) is 4.43. The minimum atomic E-state index is -0.425. The van der Waals surface area contributed by atoms with Gasteiger partial charge in [0, 0.05) is 41.6 Å². The first-order chi connectivity index (χ1) is 11.0. The Balaban J connectivity index is 1.54. The molecule has 0 bridgehead atoms. The summed E-state index contributed by atoms with van der Waals surface area (Å²) in [6.45, 7) is 1.10. The molecule has 1 aromatic carbocycles. The average molecular weight is 340 g/mol. The van der Waals surface area contributed by atoms with Crippen LogP contribution < -0.4 is 11.1 Å². The third-order valence-electron chi connectivity index (χ3n) is 4.65. The summed E-state index contributed by atoms with van der Waals surface area (Å²) in [5.74, 6) is -0.785. The molecule has 1 aromatic rings. The normalized spacial score (nSPS) is 24.3. The fraction of sp³-hybridized carbons (Fsp3) is 0.500. The maximum Gasteiger partial charge on any atom is 0.314 e. The van der Waals surface area contributed by atoms with E-state index in [1.54, 1.807) is 17.0 Å². The van der Waals surface area contributed by atoms with Crippen LogP contribution in [-0.2, 0) is 4.79 Å². The number of likely N-dealkylation sites (tertiary alicyclic amines) is 1. The molecule has 0 aromatic heterocycles. The van der Waals surface area contributed by atoms with Crippen LogP contribution >= 0.6 is 11.6 Å². The number of urea groups is 1. The van der Waals surface area contributed by atoms with Crippen LogP contribution in [0.3, 0.4) is 0 Å². The van der Waals surface area contributed by atoms with Gasteiger partial charge < -0.3 is 16.0 Å². The lowest BCUT2D eigenvalue weighted by atomic mass is 10.0. The summed E-state index contributed by atoms with van der Waals surface area (Å²) in [6, 6.07) is 4.19. The SMILES string of the molecule is NC(=O)N1CCC(NC(=O)[C@@H]2C[C@H]2c2c(F)cccc2Cl)CC1. The van der Waals surface area contributed by atoms with Crippen LogP contribution in [-0.4, -0.2) is 36.0 Å². The Morgan fingerprint density at radius 2 is 2.00 bits per heavy atom. The summed E-state index contributed by atoms with van der Waals surface area (Å²) < 4.78 is 13.9. The van der Waals surface area contributed by atoms with E-state index in [2.05, 4.69) is 5.32 Å². The molecule has 1 aliphatic carbocycles. The van der Waals surface area contributed by atoms with E-state index in [9.17, 15) is 14.0 Å². The Hall–Kier alpha value is -1.82. The summed E-state index contributed by atoms with van der Waals surface area (Å²) >= 11 is 6.05. The molecule has 5 nitrogen and oxygen atoms in total. The molecule has 0 unspecified atom stereocenters. The van der Waals surface area contributed by atoms with Gasteiger partial charge in [0.15, 0.2) is 0 Å². The van der Waals surface area contributed by atoms with Crippen LogP contribution in [0.2, 0.25) is 5.02 Å². The zero-order valence-electron chi connectivity index (χ0n) is 12.6. The number of hydrogen-bond donors (Lipinski definition) is 2. The molecule has 1 saturated carbocycles. The average Bonchev–Trinajstić information content (AvgIpc) is 3.28. The van der Waals surface area contributed by atoms with Gasteiger partial charge in [0.25, 0.3) is 0 Å². The molecule has 1 heterocycles. The standard InChI is InChI=1S/C16H19ClFN3O2/c17-12-2-1-3-13(18)14(12)10-8-11(10)15(22)20-9-4-6-21(7-5-9)16(19)23/h1-3,9-11H,4-8H2,(H2,19,23)(H,20,22)/t10-,11-/m1/s1.